The molecule has 11 nitrogen and oxygen atoms in total. The fraction of sp³-hybridized carbons (Fsp3) is 0.185. The Hall–Kier alpha value is -5.06. The molecule has 196 valence electrons. The average Bonchev–Trinajstić information content (AvgIpc) is 3.40. The summed E-state index contributed by atoms with van der Waals surface area (Å²) in [6, 6.07) is 19.0. The van der Waals surface area contributed by atoms with Gasteiger partial charge in [-0.25, -0.2) is 5.43 Å². The third-order valence-corrected chi connectivity index (χ3v) is 5.19. The highest BCUT2D eigenvalue weighted by molar-refractivity contribution is 6.35. The molecular formula is C27H26N4O7. The Bertz CT molecular complexity index is 1330. The highest BCUT2D eigenvalue weighted by Crippen LogP contribution is 2.32. The Kier molecular flexibility index (Phi) is 8.74. The van der Waals surface area contributed by atoms with Gasteiger partial charge in [0.15, 0.2) is 18.1 Å². The molecule has 0 saturated heterocycles. The summed E-state index contributed by atoms with van der Waals surface area (Å²) in [4.78, 5) is 36.5. The molecule has 1 heterocycles. The molecule has 3 amide bonds. The first-order valence-corrected chi connectivity index (χ1v) is 11.8. The van der Waals surface area contributed by atoms with Gasteiger partial charge in [-0.3, -0.25) is 14.4 Å². The summed E-state index contributed by atoms with van der Waals surface area (Å²) < 4.78 is 21.5. The van der Waals surface area contributed by atoms with Gasteiger partial charge >= 0.3 is 11.8 Å². The molecule has 4 rings (SSSR count). The SMILES string of the molecule is CCOc1ccc(NC(=O)COc2ccccc2/C=N\NC(=O)C(=O)NCc2ccc3c(c2)OCO3)cc1. The first-order valence-electron chi connectivity index (χ1n) is 11.8. The van der Waals surface area contributed by atoms with E-state index in [-0.39, 0.29) is 25.9 Å². The molecule has 0 unspecified atom stereocenters. The maximum absolute atomic E-state index is 12.3. The fourth-order valence-corrected chi connectivity index (χ4v) is 3.38. The first-order chi connectivity index (χ1) is 18.5. The third kappa shape index (κ3) is 7.23. The maximum Gasteiger partial charge on any atom is 0.329 e. The van der Waals surface area contributed by atoms with Crippen LogP contribution in [0.4, 0.5) is 5.69 Å². The van der Waals surface area contributed by atoms with Crippen LogP contribution in [-0.2, 0) is 20.9 Å². The molecule has 1 aliphatic heterocycles. The van der Waals surface area contributed by atoms with E-state index in [1.807, 2.05) is 6.92 Å². The summed E-state index contributed by atoms with van der Waals surface area (Å²) in [5, 5.41) is 9.08. The van der Waals surface area contributed by atoms with Crippen molar-refractivity contribution < 1.29 is 33.3 Å². The van der Waals surface area contributed by atoms with Crippen LogP contribution >= 0.6 is 0 Å². The molecule has 0 atom stereocenters. The quantitative estimate of drug-likeness (QED) is 0.213. The Morgan fingerprint density at radius 3 is 2.55 bits per heavy atom. The summed E-state index contributed by atoms with van der Waals surface area (Å²) >= 11 is 0. The lowest BCUT2D eigenvalue weighted by Crippen LogP contribution is -2.37. The molecule has 0 fully saturated rings. The first kappa shape index (κ1) is 26.0. The lowest BCUT2D eigenvalue weighted by atomic mass is 10.2. The Balaban J connectivity index is 1.23. The van der Waals surface area contributed by atoms with E-state index in [1.54, 1.807) is 66.7 Å². The van der Waals surface area contributed by atoms with Crippen molar-refractivity contribution in [2.45, 2.75) is 13.5 Å². The van der Waals surface area contributed by atoms with Crippen LogP contribution < -0.4 is 35.0 Å². The molecule has 3 aromatic carbocycles. The number of carbonyl (C=O) groups is 3. The number of para-hydroxylation sites is 1. The molecular weight excluding hydrogens is 492 g/mol. The van der Waals surface area contributed by atoms with Crippen LogP contribution in [0, 0.1) is 0 Å². The predicted molar refractivity (Wildman–Crippen MR) is 138 cm³/mol. The fourth-order valence-electron chi connectivity index (χ4n) is 3.38. The zero-order valence-electron chi connectivity index (χ0n) is 20.6. The molecule has 0 bridgehead atoms. The van der Waals surface area contributed by atoms with Gasteiger partial charge in [-0.2, -0.15) is 5.10 Å². The molecule has 11 heteroatoms. The summed E-state index contributed by atoms with van der Waals surface area (Å²) in [6.07, 6.45) is 1.32. The van der Waals surface area contributed by atoms with E-state index in [4.69, 9.17) is 18.9 Å². The Labute approximate surface area is 218 Å². The van der Waals surface area contributed by atoms with E-state index in [1.165, 1.54) is 6.21 Å². The molecule has 3 aromatic rings. The Morgan fingerprint density at radius 1 is 0.947 bits per heavy atom. The molecule has 0 aromatic heterocycles. The molecule has 0 saturated carbocycles. The predicted octanol–water partition coefficient (Wildman–Crippen LogP) is 2.60. The van der Waals surface area contributed by atoms with Crippen LogP contribution in [0.1, 0.15) is 18.1 Å². The number of carbonyl (C=O) groups excluding carboxylic acids is 3. The summed E-state index contributed by atoms with van der Waals surface area (Å²) in [5.74, 6) is 0.160. The van der Waals surface area contributed by atoms with Gasteiger partial charge < -0.3 is 29.6 Å². The van der Waals surface area contributed by atoms with E-state index in [0.717, 1.165) is 5.56 Å². The van der Waals surface area contributed by atoms with Gasteiger partial charge in [0.25, 0.3) is 5.91 Å². The van der Waals surface area contributed by atoms with Crippen molar-refractivity contribution in [1.29, 1.82) is 0 Å². The number of ether oxygens (including phenoxy) is 4. The number of fused-ring (bicyclic) bond motifs is 1. The number of anilines is 1. The zero-order chi connectivity index (χ0) is 26.7. The molecule has 0 radical (unpaired) electrons. The molecule has 38 heavy (non-hydrogen) atoms. The summed E-state index contributed by atoms with van der Waals surface area (Å²) in [6.45, 7) is 2.48. The van der Waals surface area contributed by atoms with Gasteiger partial charge in [0.05, 0.1) is 12.8 Å². The van der Waals surface area contributed by atoms with Gasteiger partial charge in [-0.05, 0) is 61.0 Å². The second kappa shape index (κ2) is 12.8. The second-order valence-electron chi connectivity index (χ2n) is 7.90. The molecule has 0 spiro atoms. The topological polar surface area (TPSA) is 137 Å². The number of amides is 3. The summed E-state index contributed by atoms with van der Waals surface area (Å²) in [7, 11) is 0. The van der Waals surface area contributed by atoms with Gasteiger partial charge in [0, 0.05) is 17.8 Å². The number of hydrazone groups is 1. The second-order valence-corrected chi connectivity index (χ2v) is 7.90. The van der Waals surface area contributed by atoms with E-state index >= 15 is 0 Å². The number of rotatable bonds is 10. The normalized spacial score (nSPS) is 11.6. The molecule has 1 aliphatic rings. The van der Waals surface area contributed by atoms with Gasteiger partial charge in [0.2, 0.25) is 6.79 Å². The van der Waals surface area contributed by atoms with Crippen LogP contribution in [-0.4, -0.2) is 43.9 Å². The monoisotopic (exact) mass is 518 g/mol. The van der Waals surface area contributed by atoms with Gasteiger partial charge in [0.1, 0.15) is 11.5 Å². The van der Waals surface area contributed by atoms with Crippen LogP contribution in [0.2, 0.25) is 0 Å². The van der Waals surface area contributed by atoms with Crippen molar-refractivity contribution in [2.75, 3.05) is 25.3 Å². The van der Waals surface area contributed by atoms with Crippen molar-refractivity contribution in [3.8, 4) is 23.0 Å². The number of nitrogens with zero attached hydrogens (tertiary/aromatic N) is 1. The third-order valence-electron chi connectivity index (χ3n) is 5.19. The smallest absolute Gasteiger partial charge is 0.329 e. The highest BCUT2D eigenvalue weighted by atomic mass is 16.7. The van der Waals surface area contributed by atoms with Crippen LogP contribution in [0.25, 0.3) is 0 Å². The van der Waals surface area contributed by atoms with Crippen LogP contribution in [0.15, 0.2) is 71.8 Å². The van der Waals surface area contributed by atoms with Crippen LogP contribution in [0.3, 0.4) is 0 Å². The van der Waals surface area contributed by atoms with E-state index < -0.39 is 11.8 Å². The molecule has 0 aliphatic carbocycles. The number of hydrogen-bond donors (Lipinski definition) is 3. The van der Waals surface area contributed by atoms with E-state index in [9.17, 15) is 14.4 Å². The minimum absolute atomic E-state index is 0.127. The van der Waals surface area contributed by atoms with E-state index in [2.05, 4.69) is 21.2 Å². The van der Waals surface area contributed by atoms with Gasteiger partial charge in [-0.15, -0.1) is 0 Å². The minimum atomic E-state index is -0.935. The van der Waals surface area contributed by atoms with Crippen molar-refractivity contribution in [3.05, 3.63) is 77.9 Å². The van der Waals surface area contributed by atoms with Crippen molar-refractivity contribution in [3.63, 3.8) is 0 Å². The Morgan fingerprint density at radius 2 is 1.74 bits per heavy atom. The highest BCUT2D eigenvalue weighted by Gasteiger charge is 2.15. The standard InChI is InChI=1S/C27H26N4O7/c1-2-35-21-10-8-20(9-11-21)30-25(32)16-36-22-6-4-3-5-19(22)15-29-31-27(34)26(33)28-14-18-7-12-23-24(13-18)38-17-37-23/h3-13,15H,2,14,16-17H2,1H3,(H,28,33)(H,30,32)(H,31,34)/b29-15-. The van der Waals surface area contributed by atoms with Crippen molar-refractivity contribution in [2.24, 2.45) is 5.10 Å². The lowest BCUT2D eigenvalue weighted by Gasteiger charge is -2.10. The number of benzene rings is 3. The van der Waals surface area contributed by atoms with Gasteiger partial charge in [-0.1, -0.05) is 18.2 Å². The van der Waals surface area contributed by atoms with Crippen molar-refractivity contribution in [1.82, 2.24) is 10.7 Å². The zero-order valence-corrected chi connectivity index (χ0v) is 20.6. The maximum atomic E-state index is 12.3. The lowest BCUT2D eigenvalue weighted by molar-refractivity contribution is -0.139. The van der Waals surface area contributed by atoms with Crippen molar-refractivity contribution >= 4 is 29.6 Å². The number of nitrogens with one attached hydrogen (secondary N) is 3. The van der Waals surface area contributed by atoms with E-state index in [0.29, 0.717) is 40.9 Å². The number of hydrogen-bond acceptors (Lipinski definition) is 8. The largest absolute Gasteiger partial charge is 0.494 e. The molecule has 3 N–H and O–H groups in total. The minimum Gasteiger partial charge on any atom is -0.494 e. The summed E-state index contributed by atoms with van der Waals surface area (Å²) in [5.41, 5.74) is 4.03. The van der Waals surface area contributed by atoms with Crippen LogP contribution in [0.5, 0.6) is 23.0 Å². The average molecular weight is 519 g/mol.